The molecular weight excluding hydrogens is 138 g/mol. The molecule has 1 rings (SSSR count). The quantitative estimate of drug-likeness (QED) is 0.568. The maximum absolute atomic E-state index is 7.32. The van der Waals surface area contributed by atoms with Crippen LogP contribution in [-0.4, -0.2) is 15.0 Å². The van der Waals surface area contributed by atoms with Crippen molar-refractivity contribution in [3.8, 4) is 0 Å². The smallest absolute Gasteiger partial charge is 0.0833 e. The lowest BCUT2D eigenvalue weighted by Crippen LogP contribution is -2.17. The van der Waals surface area contributed by atoms with E-state index in [0.717, 1.165) is 0 Å². The van der Waals surface area contributed by atoms with Gasteiger partial charge in [0, 0.05) is 16.6 Å². The van der Waals surface area contributed by atoms with Gasteiger partial charge in [0.15, 0.2) is 0 Å². The van der Waals surface area contributed by atoms with Crippen LogP contribution < -0.4 is 0 Å². The summed E-state index contributed by atoms with van der Waals surface area (Å²) in [5.41, 5.74) is 0.507. The number of aromatic nitrogens is 3. The molecule has 3 nitrogen and oxygen atoms in total. The summed E-state index contributed by atoms with van der Waals surface area (Å²) in [6.07, 6.45) is 0. The number of hydrogen-bond donors (Lipinski definition) is 0. The zero-order valence-corrected chi connectivity index (χ0v) is 7.34. The van der Waals surface area contributed by atoms with Gasteiger partial charge < -0.3 is 0 Å². The molecule has 0 unspecified atom stereocenters. The number of nitrogens with zero attached hydrogens (tertiary/aromatic N) is 3. The summed E-state index contributed by atoms with van der Waals surface area (Å²) in [4.78, 5) is 0. The van der Waals surface area contributed by atoms with Gasteiger partial charge in [0.05, 0.1) is 11.4 Å². The molecule has 0 saturated carbocycles. The molecule has 0 N–H and O–H groups in total. The predicted octanol–water partition coefficient (Wildman–Crippen LogP) is 1.42. The lowest BCUT2D eigenvalue weighted by Gasteiger charge is -2.18. The molecule has 0 bridgehead atoms. The molecule has 0 aliphatic carbocycles. The topological polar surface area (TPSA) is 30.7 Å². The second-order valence-electron chi connectivity index (χ2n) is 3.66. The fourth-order valence-electron chi connectivity index (χ4n) is 1.20. The van der Waals surface area contributed by atoms with Crippen LogP contribution in [0.3, 0.4) is 0 Å². The van der Waals surface area contributed by atoms with Gasteiger partial charge in [0.25, 0.3) is 0 Å². The number of hydrogen-bond acceptors (Lipinski definition) is 2. The minimum atomic E-state index is -2.18. The Morgan fingerprint density at radius 3 is 2.45 bits per heavy atom. The largest absolute Gasteiger partial charge is 0.252 e. The molecule has 0 atom stereocenters. The van der Waals surface area contributed by atoms with Gasteiger partial charge in [-0.25, -0.2) is 0 Å². The van der Waals surface area contributed by atoms with Crippen LogP contribution in [0, 0.1) is 6.85 Å². The second-order valence-corrected chi connectivity index (χ2v) is 3.66. The van der Waals surface area contributed by atoms with Crippen molar-refractivity contribution in [3.63, 3.8) is 0 Å². The Kier molecular flexibility index (Phi) is 1.04. The van der Waals surface area contributed by atoms with E-state index in [-0.39, 0.29) is 11.1 Å². The maximum Gasteiger partial charge on any atom is 0.0833 e. The molecule has 1 aromatic heterocycles. The molecule has 0 aliphatic rings. The maximum atomic E-state index is 7.32. The number of aryl methyl sites for hydroxylation is 2. The van der Waals surface area contributed by atoms with Crippen molar-refractivity contribution >= 4 is 0 Å². The minimum Gasteiger partial charge on any atom is -0.252 e. The fourth-order valence-corrected chi connectivity index (χ4v) is 1.20. The Morgan fingerprint density at radius 1 is 1.45 bits per heavy atom. The Bertz CT molecular complexity index is 333. The molecule has 0 aliphatic heterocycles. The molecule has 0 fully saturated rings. The van der Waals surface area contributed by atoms with Gasteiger partial charge >= 0.3 is 0 Å². The van der Waals surface area contributed by atoms with Gasteiger partial charge in [-0.2, -0.15) is 0 Å². The van der Waals surface area contributed by atoms with Gasteiger partial charge in [-0.1, -0.05) is 26.0 Å². The summed E-state index contributed by atoms with van der Waals surface area (Å²) in [5.74, 6) is 0. The first-order valence-electron chi connectivity index (χ1n) is 5.04. The molecule has 62 valence electrons. The Morgan fingerprint density at radius 2 is 2.09 bits per heavy atom. The SMILES string of the molecule is [2H]C([2H])([2H])c1nnn(C)c1C(C)(C)C. The lowest BCUT2D eigenvalue weighted by molar-refractivity contribution is 0.518. The molecule has 0 amide bonds. The third-order valence-corrected chi connectivity index (χ3v) is 1.54. The highest BCUT2D eigenvalue weighted by atomic mass is 15.4. The summed E-state index contributed by atoms with van der Waals surface area (Å²) in [7, 11) is 1.71. The highest BCUT2D eigenvalue weighted by Gasteiger charge is 2.21. The van der Waals surface area contributed by atoms with Gasteiger partial charge in [0.2, 0.25) is 0 Å². The first-order chi connectivity index (χ1) is 6.14. The van der Waals surface area contributed by atoms with Gasteiger partial charge in [-0.15, -0.1) is 5.10 Å². The highest BCUT2D eigenvalue weighted by Crippen LogP contribution is 2.22. The van der Waals surface area contributed by atoms with Crippen molar-refractivity contribution in [2.75, 3.05) is 0 Å². The molecule has 11 heavy (non-hydrogen) atoms. The average molecular weight is 156 g/mol. The molecule has 0 aromatic carbocycles. The summed E-state index contributed by atoms with van der Waals surface area (Å²) >= 11 is 0. The van der Waals surface area contributed by atoms with Crippen LogP contribution in [0.5, 0.6) is 0 Å². The summed E-state index contributed by atoms with van der Waals surface area (Å²) < 4.78 is 23.5. The van der Waals surface area contributed by atoms with E-state index in [0.29, 0.717) is 5.69 Å². The third kappa shape index (κ3) is 1.42. The zero-order valence-electron chi connectivity index (χ0n) is 10.3. The van der Waals surface area contributed by atoms with Crippen molar-refractivity contribution in [3.05, 3.63) is 11.4 Å². The summed E-state index contributed by atoms with van der Waals surface area (Å²) in [5, 5.41) is 7.46. The second kappa shape index (κ2) is 2.32. The van der Waals surface area contributed by atoms with Gasteiger partial charge in [-0.05, 0) is 6.85 Å². The zero-order chi connectivity index (χ0) is 11.1. The van der Waals surface area contributed by atoms with Crippen molar-refractivity contribution in [2.45, 2.75) is 33.0 Å². The van der Waals surface area contributed by atoms with Crippen molar-refractivity contribution in [2.24, 2.45) is 7.05 Å². The van der Waals surface area contributed by atoms with Crippen molar-refractivity contribution < 1.29 is 4.11 Å². The average Bonchev–Trinajstić information content (AvgIpc) is 2.27. The summed E-state index contributed by atoms with van der Waals surface area (Å²) in [6.45, 7) is 3.65. The standard InChI is InChI=1S/C8H15N3/c1-6-7(8(2,3)4)11(5)10-9-6/h1-5H3/i1D3. The molecular formula is C8H15N3. The normalized spacial score (nSPS) is 17.3. The minimum absolute atomic E-state index is 0.104. The first kappa shape index (κ1) is 4.91. The van der Waals surface area contributed by atoms with E-state index < -0.39 is 6.85 Å². The molecule has 0 spiro atoms. The van der Waals surface area contributed by atoms with Gasteiger partial charge in [-0.3, -0.25) is 4.68 Å². The van der Waals surface area contributed by atoms with E-state index in [9.17, 15) is 0 Å². The third-order valence-electron chi connectivity index (χ3n) is 1.54. The lowest BCUT2D eigenvalue weighted by atomic mass is 9.91. The van der Waals surface area contributed by atoms with Crippen LogP contribution in [0.25, 0.3) is 0 Å². The van der Waals surface area contributed by atoms with Crippen LogP contribution in [-0.2, 0) is 12.5 Å². The van der Waals surface area contributed by atoms with Crippen LogP contribution >= 0.6 is 0 Å². The van der Waals surface area contributed by atoms with Crippen LogP contribution in [0.1, 0.15) is 36.3 Å². The van der Waals surface area contributed by atoms with Crippen LogP contribution in [0.4, 0.5) is 0 Å². The van der Waals surface area contributed by atoms with Crippen LogP contribution in [0.15, 0.2) is 0 Å². The van der Waals surface area contributed by atoms with E-state index in [4.69, 9.17) is 4.11 Å². The Labute approximate surface area is 71.6 Å². The molecule has 1 heterocycles. The monoisotopic (exact) mass is 156 g/mol. The Balaban J connectivity index is 3.35. The van der Waals surface area contributed by atoms with E-state index in [1.807, 2.05) is 20.8 Å². The molecule has 0 saturated heterocycles. The summed E-state index contributed by atoms with van der Waals surface area (Å²) in [6, 6.07) is 0. The van der Waals surface area contributed by atoms with Gasteiger partial charge in [0.1, 0.15) is 0 Å². The van der Waals surface area contributed by atoms with E-state index in [1.54, 1.807) is 7.05 Å². The molecule has 0 radical (unpaired) electrons. The van der Waals surface area contributed by atoms with Crippen LogP contribution in [0.2, 0.25) is 0 Å². The fraction of sp³-hybridized carbons (Fsp3) is 0.750. The molecule has 1 aromatic rings. The Hall–Kier alpha value is -0.860. The van der Waals surface area contributed by atoms with E-state index in [1.165, 1.54) is 4.68 Å². The highest BCUT2D eigenvalue weighted by molar-refractivity contribution is 5.17. The van der Waals surface area contributed by atoms with E-state index >= 15 is 0 Å². The number of rotatable bonds is 0. The van der Waals surface area contributed by atoms with Crippen molar-refractivity contribution in [1.29, 1.82) is 0 Å². The van der Waals surface area contributed by atoms with Crippen molar-refractivity contribution in [1.82, 2.24) is 15.0 Å². The first-order valence-corrected chi connectivity index (χ1v) is 3.54. The molecule has 3 heteroatoms. The predicted molar refractivity (Wildman–Crippen MR) is 44.4 cm³/mol. The van der Waals surface area contributed by atoms with E-state index in [2.05, 4.69) is 10.3 Å².